The van der Waals surface area contributed by atoms with Crippen molar-refractivity contribution in [2.24, 2.45) is 5.41 Å². The van der Waals surface area contributed by atoms with Crippen LogP contribution in [-0.2, 0) is 13.0 Å². The van der Waals surface area contributed by atoms with Gasteiger partial charge in [-0.25, -0.2) is 14.8 Å². The normalized spacial score (nSPS) is 20.0. The average molecular weight is 490 g/mol. The first-order valence-corrected chi connectivity index (χ1v) is 12.0. The fourth-order valence-electron chi connectivity index (χ4n) is 5.38. The van der Waals surface area contributed by atoms with Crippen molar-refractivity contribution in [3.8, 4) is 0 Å². The molecule has 3 aromatic heterocycles. The smallest absolute Gasteiger partial charge is 0.408 e. The monoisotopic (exact) mass is 489 g/mol. The number of aromatic nitrogens is 3. The molecule has 1 aromatic carbocycles. The standard InChI is InChI=1S/C23H22F3N5O2S/c24-23(25,26)8-15-6-16-19(28-12-29-20(16)34-15)31-10-22(11-31)4-3-14(7-22)27-9-13-1-2-18-17(5-13)30-21(32)33-18/h1-2,5-6,12,14,27H,3-4,7-11H2,(H,30,32). The Hall–Kier alpha value is -2.92. The zero-order valence-electron chi connectivity index (χ0n) is 18.1. The Labute approximate surface area is 196 Å². The molecule has 4 heterocycles. The van der Waals surface area contributed by atoms with Gasteiger partial charge in [-0.05, 0) is 43.0 Å². The number of fused-ring (bicyclic) bond motifs is 2. The van der Waals surface area contributed by atoms with Crippen molar-refractivity contribution in [2.45, 2.75) is 44.4 Å². The van der Waals surface area contributed by atoms with Gasteiger partial charge in [0, 0.05) is 36.0 Å². The highest BCUT2D eigenvalue weighted by molar-refractivity contribution is 7.18. The number of anilines is 1. The van der Waals surface area contributed by atoms with Crippen molar-refractivity contribution in [2.75, 3.05) is 18.0 Å². The van der Waals surface area contributed by atoms with Crippen molar-refractivity contribution in [3.05, 3.63) is 51.6 Å². The summed E-state index contributed by atoms with van der Waals surface area (Å²) in [6.45, 7) is 2.41. The fraction of sp³-hybridized carbons (Fsp3) is 0.435. The molecule has 1 aliphatic heterocycles. The third kappa shape index (κ3) is 4.07. The van der Waals surface area contributed by atoms with Gasteiger partial charge in [-0.2, -0.15) is 13.2 Å². The van der Waals surface area contributed by atoms with Gasteiger partial charge < -0.3 is 14.6 Å². The molecule has 1 aliphatic carbocycles. The highest BCUT2D eigenvalue weighted by atomic mass is 32.1. The Balaban J connectivity index is 1.09. The Kier molecular flexibility index (Phi) is 4.96. The summed E-state index contributed by atoms with van der Waals surface area (Å²) in [5.41, 5.74) is 2.54. The van der Waals surface area contributed by atoms with Crippen LogP contribution < -0.4 is 16.0 Å². The lowest BCUT2D eigenvalue weighted by Gasteiger charge is -2.49. The van der Waals surface area contributed by atoms with Gasteiger partial charge in [0.05, 0.1) is 17.3 Å². The fourth-order valence-corrected chi connectivity index (χ4v) is 6.40. The molecule has 0 amide bonds. The van der Waals surface area contributed by atoms with Gasteiger partial charge >= 0.3 is 11.9 Å². The van der Waals surface area contributed by atoms with Crippen LogP contribution in [0.1, 0.15) is 29.7 Å². The third-order valence-corrected chi connectivity index (χ3v) is 7.91. The maximum atomic E-state index is 12.8. The number of H-pyrrole nitrogens is 1. The topological polar surface area (TPSA) is 87.0 Å². The molecule has 1 spiro atoms. The number of oxazole rings is 1. The van der Waals surface area contributed by atoms with E-state index < -0.39 is 18.4 Å². The summed E-state index contributed by atoms with van der Waals surface area (Å²) in [6.07, 6.45) is -0.499. The number of alkyl halides is 3. The molecular formula is C23H22F3N5O2S. The number of nitrogens with one attached hydrogen (secondary N) is 2. The highest BCUT2D eigenvalue weighted by Gasteiger charge is 2.48. The molecular weight excluding hydrogens is 467 g/mol. The van der Waals surface area contributed by atoms with E-state index in [1.807, 2.05) is 12.1 Å². The number of nitrogens with zero attached hydrogens (tertiary/aromatic N) is 3. The number of aromatic amines is 1. The first-order chi connectivity index (χ1) is 16.3. The minimum atomic E-state index is -4.23. The summed E-state index contributed by atoms with van der Waals surface area (Å²) < 4.78 is 43.5. The van der Waals surface area contributed by atoms with E-state index >= 15 is 0 Å². The number of thiophene rings is 1. The van der Waals surface area contributed by atoms with Crippen LogP contribution in [-0.4, -0.2) is 40.3 Å². The molecule has 1 saturated heterocycles. The number of halogens is 3. The first kappa shape index (κ1) is 21.6. The van der Waals surface area contributed by atoms with Gasteiger partial charge in [-0.1, -0.05) is 6.07 Å². The molecule has 11 heteroatoms. The highest BCUT2D eigenvalue weighted by Crippen LogP contribution is 2.48. The lowest BCUT2D eigenvalue weighted by Crippen LogP contribution is -2.56. The molecule has 1 atom stereocenters. The average Bonchev–Trinajstić information content (AvgIpc) is 3.44. The second-order valence-corrected chi connectivity index (χ2v) is 10.6. The van der Waals surface area contributed by atoms with Crippen molar-refractivity contribution < 1.29 is 17.6 Å². The van der Waals surface area contributed by atoms with Gasteiger partial charge in [-0.3, -0.25) is 4.98 Å². The molecule has 2 aliphatic rings. The molecule has 2 fully saturated rings. The molecule has 1 unspecified atom stereocenters. The Morgan fingerprint density at radius 2 is 2.12 bits per heavy atom. The van der Waals surface area contributed by atoms with E-state index in [-0.39, 0.29) is 10.3 Å². The summed E-state index contributed by atoms with van der Waals surface area (Å²) in [5, 5.41) is 4.34. The molecule has 34 heavy (non-hydrogen) atoms. The van der Waals surface area contributed by atoms with E-state index in [0.717, 1.165) is 55.1 Å². The molecule has 2 N–H and O–H groups in total. The Morgan fingerprint density at radius 3 is 2.94 bits per heavy atom. The van der Waals surface area contributed by atoms with Crippen LogP contribution in [0.25, 0.3) is 21.3 Å². The van der Waals surface area contributed by atoms with E-state index in [1.54, 1.807) is 12.1 Å². The van der Waals surface area contributed by atoms with E-state index in [9.17, 15) is 18.0 Å². The largest absolute Gasteiger partial charge is 0.417 e. The predicted octanol–water partition coefficient (Wildman–Crippen LogP) is 4.38. The quantitative estimate of drug-likeness (QED) is 0.433. The van der Waals surface area contributed by atoms with Crippen LogP contribution in [0, 0.1) is 5.41 Å². The van der Waals surface area contributed by atoms with Crippen LogP contribution in [0.5, 0.6) is 0 Å². The molecule has 178 valence electrons. The number of hydrogen-bond donors (Lipinski definition) is 2. The van der Waals surface area contributed by atoms with E-state index in [0.29, 0.717) is 33.9 Å². The van der Waals surface area contributed by atoms with Gasteiger partial charge in [-0.15, -0.1) is 11.3 Å². The van der Waals surface area contributed by atoms with Gasteiger partial charge in [0.25, 0.3) is 0 Å². The Bertz CT molecular complexity index is 1420. The molecule has 7 nitrogen and oxygen atoms in total. The molecule has 0 bridgehead atoms. The van der Waals surface area contributed by atoms with Crippen LogP contribution in [0.2, 0.25) is 0 Å². The summed E-state index contributed by atoms with van der Waals surface area (Å²) in [6, 6.07) is 7.67. The zero-order chi connectivity index (χ0) is 23.5. The summed E-state index contributed by atoms with van der Waals surface area (Å²) in [4.78, 5) is 25.7. The van der Waals surface area contributed by atoms with Gasteiger partial charge in [0.2, 0.25) is 0 Å². The first-order valence-electron chi connectivity index (χ1n) is 11.2. The van der Waals surface area contributed by atoms with Gasteiger partial charge in [0.15, 0.2) is 5.58 Å². The molecule has 1 saturated carbocycles. The van der Waals surface area contributed by atoms with Crippen molar-refractivity contribution in [1.29, 1.82) is 0 Å². The molecule has 4 aromatic rings. The van der Waals surface area contributed by atoms with Crippen LogP contribution in [0.3, 0.4) is 0 Å². The molecule has 0 radical (unpaired) electrons. The summed E-state index contributed by atoms with van der Waals surface area (Å²) in [5.74, 6) is 0.284. The third-order valence-electron chi connectivity index (χ3n) is 6.87. The van der Waals surface area contributed by atoms with Crippen molar-refractivity contribution in [3.63, 3.8) is 0 Å². The molecule has 6 rings (SSSR count). The minimum Gasteiger partial charge on any atom is -0.408 e. The van der Waals surface area contributed by atoms with Crippen LogP contribution in [0.4, 0.5) is 19.0 Å². The summed E-state index contributed by atoms with van der Waals surface area (Å²) >= 11 is 1.09. The zero-order valence-corrected chi connectivity index (χ0v) is 18.9. The van der Waals surface area contributed by atoms with Gasteiger partial charge in [0.1, 0.15) is 17.0 Å². The van der Waals surface area contributed by atoms with E-state index in [1.165, 1.54) is 6.33 Å². The Morgan fingerprint density at radius 1 is 1.26 bits per heavy atom. The van der Waals surface area contributed by atoms with Crippen LogP contribution in [0.15, 0.2) is 39.8 Å². The predicted molar refractivity (Wildman–Crippen MR) is 123 cm³/mol. The lowest BCUT2D eigenvalue weighted by atomic mass is 9.78. The number of rotatable bonds is 5. The SMILES string of the molecule is O=c1[nH]c2cc(CNC3CCC4(C3)CN(c3ncnc5sc(CC(F)(F)F)cc35)C4)ccc2o1. The maximum absolute atomic E-state index is 12.8. The summed E-state index contributed by atoms with van der Waals surface area (Å²) in [7, 11) is 0. The lowest BCUT2D eigenvalue weighted by molar-refractivity contribution is -0.126. The number of benzene rings is 1. The van der Waals surface area contributed by atoms with Crippen molar-refractivity contribution >= 4 is 38.5 Å². The van der Waals surface area contributed by atoms with Crippen molar-refractivity contribution in [1.82, 2.24) is 20.3 Å². The number of hydrogen-bond acceptors (Lipinski definition) is 7. The van der Waals surface area contributed by atoms with E-state index in [2.05, 4.69) is 25.2 Å². The second kappa shape index (κ2) is 7.81. The van der Waals surface area contributed by atoms with E-state index in [4.69, 9.17) is 4.42 Å². The van der Waals surface area contributed by atoms with Crippen LogP contribution >= 0.6 is 11.3 Å². The second-order valence-electron chi connectivity index (χ2n) is 9.44. The minimum absolute atomic E-state index is 0.208. The maximum Gasteiger partial charge on any atom is 0.417 e.